The van der Waals surface area contributed by atoms with E-state index >= 15 is 0 Å². The second kappa shape index (κ2) is 8.01. The molecule has 0 aliphatic carbocycles. The third kappa shape index (κ3) is 3.78. The molecule has 7 heteroatoms. The van der Waals surface area contributed by atoms with E-state index in [1.54, 1.807) is 18.2 Å². The third-order valence-electron chi connectivity index (χ3n) is 4.66. The molecule has 4 rings (SSSR count). The Balaban J connectivity index is 1.69. The van der Waals surface area contributed by atoms with Crippen molar-refractivity contribution in [3.63, 3.8) is 0 Å². The Labute approximate surface area is 180 Å². The second-order valence-corrected chi connectivity index (χ2v) is 7.49. The largest absolute Gasteiger partial charge is 0.440 e. The Kier molecular flexibility index (Phi) is 5.25. The van der Waals surface area contributed by atoms with Crippen molar-refractivity contribution < 1.29 is 18.7 Å². The maximum Gasteiger partial charge on any atom is 0.343 e. The smallest absolute Gasteiger partial charge is 0.343 e. The Morgan fingerprint density at radius 1 is 1.13 bits per heavy atom. The lowest BCUT2D eigenvalue weighted by Gasteiger charge is -2.26. The molecule has 3 aromatic carbocycles. The van der Waals surface area contributed by atoms with Gasteiger partial charge in [-0.25, -0.2) is 9.18 Å². The molecule has 1 atom stereocenters. The average Bonchev–Trinajstić information content (AvgIpc) is 2.73. The maximum atomic E-state index is 13.1. The number of carbonyl (C=O) groups excluding carboxylic acids is 1. The molecular weight excluding hydrogens is 451 g/mol. The summed E-state index contributed by atoms with van der Waals surface area (Å²) in [5.41, 5.74) is 8.11. The highest BCUT2D eigenvalue weighted by Crippen LogP contribution is 2.43. The van der Waals surface area contributed by atoms with Crippen molar-refractivity contribution in [3.05, 3.63) is 105 Å². The monoisotopic (exact) mass is 464 g/mol. The Bertz CT molecular complexity index is 1220. The van der Waals surface area contributed by atoms with Gasteiger partial charge in [-0.1, -0.05) is 34.1 Å². The first kappa shape index (κ1) is 19.7. The highest BCUT2D eigenvalue weighted by atomic mass is 79.9. The van der Waals surface area contributed by atoms with E-state index in [0.29, 0.717) is 11.3 Å². The van der Waals surface area contributed by atoms with Gasteiger partial charge in [0.1, 0.15) is 29.0 Å². The molecule has 1 aliphatic heterocycles. The van der Waals surface area contributed by atoms with Gasteiger partial charge in [-0.3, -0.25) is 0 Å². The van der Waals surface area contributed by atoms with E-state index in [0.717, 1.165) is 15.6 Å². The van der Waals surface area contributed by atoms with E-state index in [1.165, 1.54) is 24.3 Å². The zero-order chi connectivity index (χ0) is 21.3. The van der Waals surface area contributed by atoms with Gasteiger partial charge in [0.15, 0.2) is 0 Å². The molecule has 0 aromatic heterocycles. The number of hydrogen-bond acceptors (Lipinski definition) is 5. The number of ether oxygens (including phenoxy) is 2. The number of hydrogen-bond donors (Lipinski definition) is 1. The summed E-state index contributed by atoms with van der Waals surface area (Å²) >= 11 is 3.45. The topological polar surface area (TPSA) is 85.3 Å². The quantitative estimate of drug-likeness (QED) is 0.434. The highest BCUT2D eigenvalue weighted by Gasteiger charge is 2.31. The molecule has 5 nitrogen and oxygen atoms in total. The van der Waals surface area contributed by atoms with Crippen molar-refractivity contribution in [1.29, 1.82) is 5.26 Å². The molecule has 148 valence electrons. The van der Waals surface area contributed by atoms with Crippen molar-refractivity contribution in [1.82, 2.24) is 0 Å². The number of halogens is 2. The number of allylic oxidation sites excluding steroid dienone is 1. The molecule has 0 saturated heterocycles. The van der Waals surface area contributed by atoms with Crippen LogP contribution in [0.25, 0.3) is 0 Å². The standard InChI is InChI=1S/C23H14BrFN2O3/c24-15-3-1-2-14(10-15)21-18-9-8-17(11-20(18)30-22(27)19(21)12-26)29-23(28)13-4-6-16(25)7-5-13/h1-11,21H,27H2. The molecule has 0 bridgehead atoms. The number of carbonyl (C=O) groups is 1. The van der Waals surface area contributed by atoms with Crippen LogP contribution >= 0.6 is 15.9 Å². The molecule has 1 aliphatic rings. The average molecular weight is 465 g/mol. The summed E-state index contributed by atoms with van der Waals surface area (Å²) in [5.74, 6) is -0.862. The van der Waals surface area contributed by atoms with Gasteiger partial charge >= 0.3 is 5.97 Å². The Morgan fingerprint density at radius 3 is 2.60 bits per heavy atom. The van der Waals surface area contributed by atoms with Crippen LogP contribution in [0.1, 0.15) is 27.4 Å². The minimum atomic E-state index is -0.629. The van der Waals surface area contributed by atoms with Crippen LogP contribution < -0.4 is 15.2 Å². The number of fused-ring (bicyclic) bond motifs is 1. The van der Waals surface area contributed by atoms with Crippen LogP contribution in [0.2, 0.25) is 0 Å². The summed E-state index contributed by atoms with van der Waals surface area (Å²) in [4.78, 5) is 12.3. The first-order valence-corrected chi connectivity index (χ1v) is 9.70. The number of rotatable bonds is 3. The number of esters is 1. The normalized spacial score (nSPS) is 15.0. The van der Waals surface area contributed by atoms with Crippen molar-refractivity contribution in [2.24, 2.45) is 5.73 Å². The van der Waals surface area contributed by atoms with E-state index in [2.05, 4.69) is 22.0 Å². The summed E-state index contributed by atoms with van der Waals surface area (Å²) < 4.78 is 25.0. The molecule has 0 fully saturated rings. The zero-order valence-electron chi connectivity index (χ0n) is 15.4. The van der Waals surface area contributed by atoms with Gasteiger partial charge in [0.25, 0.3) is 0 Å². The van der Waals surface area contributed by atoms with Crippen molar-refractivity contribution in [2.75, 3.05) is 0 Å². The lowest BCUT2D eigenvalue weighted by atomic mass is 9.83. The molecule has 1 unspecified atom stereocenters. The zero-order valence-corrected chi connectivity index (χ0v) is 17.0. The fourth-order valence-electron chi connectivity index (χ4n) is 3.28. The van der Waals surface area contributed by atoms with Crippen molar-refractivity contribution in [2.45, 2.75) is 5.92 Å². The SMILES string of the molecule is N#CC1=C(N)Oc2cc(OC(=O)c3ccc(F)cc3)ccc2C1c1cccc(Br)c1. The molecule has 0 saturated carbocycles. The first-order chi connectivity index (χ1) is 14.5. The van der Waals surface area contributed by atoms with Crippen LogP contribution in [-0.4, -0.2) is 5.97 Å². The first-order valence-electron chi connectivity index (χ1n) is 8.91. The van der Waals surface area contributed by atoms with E-state index in [4.69, 9.17) is 15.2 Å². The molecule has 3 aromatic rings. The Morgan fingerprint density at radius 2 is 1.90 bits per heavy atom. The van der Waals surface area contributed by atoms with Crippen LogP contribution in [0.5, 0.6) is 11.5 Å². The van der Waals surface area contributed by atoms with Crippen LogP contribution in [0, 0.1) is 17.1 Å². The van der Waals surface area contributed by atoms with Gasteiger partial charge in [-0.15, -0.1) is 0 Å². The van der Waals surface area contributed by atoms with Gasteiger partial charge in [0, 0.05) is 16.1 Å². The molecule has 30 heavy (non-hydrogen) atoms. The molecule has 0 amide bonds. The molecule has 0 radical (unpaired) electrons. The summed E-state index contributed by atoms with van der Waals surface area (Å²) in [6, 6.07) is 19.7. The van der Waals surface area contributed by atoms with Crippen LogP contribution in [0.3, 0.4) is 0 Å². The lowest BCUT2D eigenvalue weighted by Crippen LogP contribution is -2.21. The van der Waals surface area contributed by atoms with Crippen LogP contribution in [0.15, 0.2) is 82.7 Å². The number of nitrogens with two attached hydrogens (primary N) is 1. The van der Waals surface area contributed by atoms with Gasteiger partial charge in [0.2, 0.25) is 5.88 Å². The van der Waals surface area contributed by atoms with E-state index in [1.807, 2.05) is 24.3 Å². The van der Waals surface area contributed by atoms with Crippen molar-refractivity contribution in [3.8, 4) is 17.6 Å². The minimum Gasteiger partial charge on any atom is -0.440 e. The molecule has 1 heterocycles. The number of nitriles is 1. The van der Waals surface area contributed by atoms with Crippen molar-refractivity contribution >= 4 is 21.9 Å². The van der Waals surface area contributed by atoms with Gasteiger partial charge < -0.3 is 15.2 Å². The van der Waals surface area contributed by atoms with E-state index < -0.39 is 17.7 Å². The maximum absolute atomic E-state index is 13.1. The summed E-state index contributed by atoms with van der Waals surface area (Å²) in [6.07, 6.45) is 0. The fourth-order valence-corrected chi connectivity index (χ4v) is 3.70. The Hall–Kier alpha value is -3.63. The van der Waals surface area contributed by atoms with Crippen LogP contribution in [0.4, 0.5) is 4.39 Å². The predicted octanol–water partition coefficient (Wildman–Crippen LogP) is 5.03. The summed E-state index contributed by atoms with van der Waals surface area (Å²) in [6.45, 7) is 0. The molecular formula is C23H14BrFN2O3. The fraction of sp³-hybridized carbons (Fsp3) is 0.0435. The van der Waals surface area contributed by atoms with Gasteiger partial charge in [0.05, 0.1) is 11.5 Å². The number of nitrogens with zero attached hydrogens (tertiary/aromatic N) is 1. The van der Waals surface area contributed by atoms with Crippen LogP contribution in [-0.2, 0) is 0 Å². The number of benzene rings is 3. The predicted molar refractivity (Wildman–Crippen MR) is 111 cm³/mol. The van der Waals surface area contributed by atoms with E-state index in [9.17, 15) is 14.4 Å². The lowest BCUT2D eigenvalue weighted by molar-refractivity contribution is 0.0734. The summed E-state index contributed by atoms with van der Waals surface area (Å²) in [7, 11) is 0. The second-order valence-electron chi connectivity index (χ2n) is 6.58. The highest BCUT2D eigenvalue weighted by molar-refractivity contribution is 9.10. The third-order valence-corrected chi connectivity index (χ3v) is 5.16. The summed E-state index contributed by atoms with van der Waals surface area (Å²) in [5, 5.41) is 9.63. The van der Waals surface area contributed by atoms with Gasteiger partial charge in [-0.2, -0.15) is 5.26 Å². The van der Waals surface area contributed by atoms with Gasteiger partial charge in [-0.05, 0) is 48.0 Å². The molecule has 0 spiro atoms. The molecule has 2 N–H and O–H groups in total. The van der Waals surface area contributed by atoms with E-state index in [-0.39, 0.29) is 17.2 Å². The minimum absolute atomic E-state index is 0.00279.